The van der Waals surface area contributed by atoms with E-state index in [9.17, 15) is 22.8 Å². The minimum Gasteiger partial charge on any atom is -0.449 e. The molecule has 0 aliphatic carbocycles. The Morgan fingerprint density at radius 3 is 2.52 bits per heavy atom. The molecule has 29 heavy (non-hydrogen) atoms. The molecule has 0 saturated carbocycles. The number of amides is 3. The van der Waals surface area contributed by atoms with Crippen molar-refractivity contribution in [2.75, 3.05) is 32.8 Å². The fourth-order valence-electron chi connectivity index (χ4n) is 2.61. The molecule has 1 aromatic rings. The van der Waals surface area contributed by atoms with Crippen LogP contribution in [0.4, 0.5) is 4.79 Å². The van der Waals surface area contributed by atoms with E-state index >= 15 is 0 Å². The summed E-state index contributed by atoms with van der Waals surface area (Å²) in [5.74, 6) is -1.65. The molecule has 3 amide bonds. The molecule has 0 spiro atoms. The van der Waals surface area contributed by atoms with Gasteiger partial charge in [-0.25, -0.2) is 18.0 Å². The number of aryl methyl sites for hydroxylation is 1. The quantitative estimate of drug-likeness (QED) is 0.629. The van der Waals surface area contributed by atoms with Crippen LogP contribution in [0.5, 0.6) is 0 Å². The summed E-state index contributed by atoms with van der Waals surface area (Å²) in [6, 6.07) is 3.46. The fraction of sp³-hybridized carbons (Fsp3) is 0.500. The number of carbonyl (C=O) groups is 3. The van der Waals surface area contributed by atoms with E-state index in [4.69, 9.17) is 9.47 Å². The van der Waals surface area contributed by atoms with Crippen molar-refractivity contribution < 1.29 is 32.3 Å². The summed E-state index contributed by atoms with van der Waals surface area (Å²) < 4.78 is 37.2. The smallest absolute Gasteiger partial charge is 0.339 e. The van der Waals surface area contributed by atoms with E-state index in [1.54, 1.807) is 13.8 Å². The number of nitrogens with zero attached hydrogens (tertiary/aromatic N) is 1. The summed E-state index contributed by atoms with van der Waals surface area (Å²) in [6.07, 6.45) is -1.25. The number of morpholine rings is 1. The largest absolute Gasteiger partial charge is 0.449 e. The van der Waals surface area contributed by atoms with Crippen LogP contribution < -0.4 is 10.6 Å². The zero-order valence-electron chi connectivity index (χ0n) is 16.6. The zero-order valence-corrected chi connectivity index (χ0v) is 17.4. The highest BCUT2D eigenvalue weighted by molar-refractivity contribution is 7.89. The van der Waals surface area contributed by atoms with Crippen LogP contribution >= 0.6 is 0 Å². The van der Waals surface area contributed by atoms with E-state index in [0.717, 1.165) is 0 Å². The van der Waals surface area contributed by atoms with Crippen molar-refractivity contribution in [1.29, 1.82) is 0 Å². The van der Waals surface area contributed by atoms with Gasteiger partial charge in [0.25, 0.3) is 5.91 Å². The van der Waals surface area contributed by atoms with Gasteiger partial charge in [-0.15, -0.1) is 0 Å². The maximum absolute atomic E-state index is 12.8. The first-order valence-electron chi connectivity index (χ1n) is 9.15. The molecule has 2 rings (SSSR count). The number of ether oxygens (including phenoxy) is 2. The molecule has 1 unspecified atom stereocenters. The fourth-order valence-corrected chi connectivity index (χ4v) is 4.05. The average Bonchev–Trinajstić information content (AvgIpc) is 2.68. The van der Waals surface area contributed by atoms with Crippen LogP contribution in [0.3, 0.4) is 0 Å². The van der Waals surface area contributed by atoms with Crippen LogP contribution in [0.15, 0.2) is 23.1 Å². The molecule has 1 saturated heterocycles. The molecule has 2 N–H and O–H groups in total. The third kappa shape index (κ3) is 5.75. The number of carbonyl (C=O) groups excluding carboxylic acids is 3. The number of sulfonamides is 1. The van der Waals surface area contributed by atoms with Crippen LogP contribution in [-0.2, 0) is 24.3 Å². The lowest BCUT2D eigenvalue weighted by atomic mass is 10.1. The van der Waals surface area contributed by atoms with E-state index < -0.39 is 34.0 Å². The van der Waals surface area contributed by atoms with Crippen molar-refractivity contribution in [2.45, 2.75) is 31.8 Å². The van der Waals surface area contributed by atoms with Gasteiger partial charge < -0.3 is 14.8 Å². The third-order valence-electron chi connectivity index (χ3n) is 4.26. The van der Waals surface area contributed by atoms with Gasteiger partial charge in [0.15, 0.2) is 6.10 Å². The molecule has 0 bridgehead atoms. The van der Waals surface area contributed by atoms with Crippen molar-refractivity contribution in [3.8, 4) is 0 Å². The van der Waals surface area contributed by atoms with Crippen LogP contribution in [0, 0.1) is 6.92 Å². The predicted molar refractivity (Wildman–Crippen MR) is 103 cm³/mol. The Balaban J connectivity index is 2.15. The first-order chi connectivity index (χ1) is 13.7. The van der Waals surface area contributed by atoms with Gasteiger partial charge >= 0.3 is 12.0 Å². The lowest BCUT2D eigenvalue weighted by molar-refractivity contribution is -0.127. The van der Waals surface area contributed by atoms with Gasteiger partial charge in [-0.05, 0) is 38.5 Å². The van der Waals surface area contributed by atoms with Gasteiger partial charge in [0.2, 0.25) is 10.0 Å². The van der Waals surface area contributed by atoms with E-state index in [2.05, 4.69) is 10.6 Å². The summed E-state index contributed by atoms with van der Waals surface area (Å²) in [5.41, 5.74) is 0.518. The van der Waals surface area contributed by atoms with Gasteiger partial charge in [-0.3, -0.25) is 10.1 Å². The summed E-state index contributed by atoms with van der Waals surface area (Å²) in [4.78, 5) is 35.8. The van der Waals surface area contributed by atoms with Crippen LogP contribution in [0.25, 0.3) is 0 Å². The maximum Gasteiger partial charge on any atom is 0.339 e. The van der Waals surface area contributed by atoms with Crippen molar-refractivity contribution in [2.24, 2.45) is 0 Å². The molecule has 10 nitrogen and oxygen atoms in total. The third-order valence-corrected chi connectivity index (χ3v) is 6.16. The highest BCUT2D eigenvalue weighted by atomic mass is 32.2. The van der Waals surface area contributed by atoms with Crippen LogP contribution in [0.1, 0.15) is 29.8 Å². The summed E-state index contributed by atoms with van der Waals surface area (Å²) in [6.45, 7) is 6.03. The summed E-state index contributed by atoms with van der Waals surface area (Å²) in [5, 5.41) is 4.44. The molecule has 1 atom stereocenters. The van der Waals surface area contributed by atoms with Crippen molar-refractivity contribution in [3.05, 3.63) is 29.3 Å². The average molecular weight is 427 g/mol. The van der Waals surface area contributed by atoms with E-state index in [1.807, 2.05) is 0 Å². The van der Waals surface area contributed by atoms with Gasteiger partial charge in [0, 0.05) is 19.6 Å². The first kappa shape index (κ1) is 22.8. The Hall–Kier alpha value is -2.50. The number of hydrogen-bond donors (Lipinski definition) is 2. The number of urea groups is 1. The monoisotopic (exact) mass is 427 g/mol. The zero-order chi connectivity index (χ0) is 21.6. The molecule has 1 fully saturated rings. The number of nitrogens with one attached hydrogen (secondary N) is 2. The normalized spacial score (nSPS) is 16.0. The molecular weight excluding hydrogens is 402 g/mol. The number of imide groups is 1. The Bertz CT molecular complexity index is 879. The number of benzene rings is 1. The molecule has 11 heteroatoms. The van der Waals surface area contributed by atoms with Crippen LogP contribution in [0.2, 0.25) is 0 Å². The lowest BCUT2D eigenvalue weighted by Crippen LogP contribution is -2.44. The minimum absolute atomic E-state index is 0.0250. The molecule has 0 radical (unpaired) electrons. The van der Waals surface area contributed by atoms with E-state index in [-0.39, 0.29) is 23.5 Å². The summed E-state index contributed by atoms with van der Waals surface area (Å²) in [7, 11) is -3.79. The maximum atomic E-state index is 12.8. The minimum atomic E-state index is -3.79. The van der Waals surface area contributed by atoms with Crippen molar-refractivity contribution in [3.63, 3.8) is 0 Å². The van der Waals surface area contributed by atoms with E-state index in [1.165, 1.54) is 29.4 Å². The molecule has 0 aromatic heterocycles. The molecule has 1 heterocycles. The second-order valence-electron chi connectivity index (χ2n) is 6.39. The van der Waals surface area contributed by atoms with Crippen molar-refractivity contribution in [1.82, 2.24) is 14.9 Å². The predicted octanol–water partition coefficient (Wildman–Crippen LogP) is 0.407. The van der Waals surface area contributed by atoms with Crippen molar-refractivity contribution >= 4 is 27.9 Å². The van der Waals surface area contributed by atoms with Gasteiger partial charge in [-0.1, -0.05) is 6.07 Å². The number of hydrogen-bond acceptors (Lipinski definition) is 7. The standard InChI is InChI=1S/C18H25N3O7S/c1-4-19-18(24)20-16(22)13(3)28-17(23)15-11-14(6-5-12(15)2)29(25,26)21-7-9-27-10-8-21/h5-6,11,13H,4,7-10H2,1-3H3,(H2,19,20,22,24). The Morgan fingerprint density at radius 1 is 1.24 bits per heavy atom. The number of esters is 1. The highest BCUT2D eigenvalue weighted by Gasteiger charge is 2.28. The first-order valence-corrected chi connectivity index (χ1v) is 10.6. The van der Waals surface area contributed by atoms with Gasteiger partial charge in [0.1, 0.15) is 0 Å². The van der Waals surface area contributed by atoms with Gasteiger partial charge in [-0.2, -0.15) is 4.31 Å². The molecule has 1 aliphatic rings. The van der Waals surface area contributed by atoms with E-state index in [0.29, 0.717) is 25.3 Å². The Labute approximate surface area is 169 Å². The SMILES string of the molecule is CCNC(=O)NC(=O)C(C)OC(=O)c1cc(S(=O)(=O)N2CCOCC2)ccc1C. The van der Waals surface area contributed by atoms with Crippen LogP contribution in [-0.4, -0.2) is 69.6 Å². The lowest BCUT2D eigenvalue weighted by Gasteiger charge is -2.26. The molecule has 160 valence electrons. The molecular formula is C18H25N3O7S. The molecule has 1 aliphatic heterocycles. The number of rotatable bonds is 6. The topological polar surface area (TPSA) is 131 Å². The van der Waals surface area contributed by atoms with Gasteiger partial charge in [0.05, 0.1) is 23.7 Å². The Morgan fingerprint density at radius 2 is 1.90 bits per heavy atom. The molecule has 1 aromatic carbocycles. The Kier molecular flexibility index (Phi) is 7.71. The highest BCUT2D eigenvalue weighted by Crippen LogP contribution is 2.21. The second-order valence-corrected chi connectivity index (χ2v) is 8.33. The summed E-state index contributed by atoms with van der Waals surface area (Å²) >= 11 is 0. The second kappa shape index (κ2) is 9.81.